The Kier molecular flexibility index (Phi) is 6.54. The second-order valence-electron chi connectivity index (χ2n) is 4.35. The average molecular weight is 213 g/mol. The molecule has 0 heterocycles. The van der Waals surface area contributed by atoms with E-state index in [1.807, 2.05) is 20.8 Å². The molecule has 0 atom stereocenters. The Bertz CT molecular complexity index is 240. The van der Waals surface area contributed by atoms with Gasteiger partial charge >= 0.3 is 5.97 Å². The molecule has 0 aromatic carbocycles. The van der Waals surface area contributed by atoms with E-state index in [0.29, 0.717) is 13.0 Å². The molecule has 0 radical (unpaired) electrons. The summed E-state index contributed by atoms with van der Waals surface area (Å²) in [5, 5.41) is 3.41. The number of hydrogen-bond acceptors (Lipinski definition) is 3. The fourth-order valence-electron chi connectivity index (χ4n) is 1.07. The quantitative estimate of drug-likeness (QED) is 0.223. The van der Waals surface area contributed by atoms with Gasteiger partial charge in [0.05, 0.1) is 0 Å². The Hall–Kier alpha value is -1.22. The molecule has 0 rings (SSSR count). The number of nitrogens with zero attached hydrogens (tertiary/aromatic N) is 3. The highest BCUT2D eigenvalue weighted by Crippen LogP contribution is 2.10. The highest BCUT2D eigenvalue weighted by Gasteiger charge is 2.15. The summed E-state index contributed by atoms with van der Waals surface area (Å²) in [5.74, 6) is -0.161. The summed E-state index contributed by atoms with van der Waals surface area (Å²) < 4.78 is 5.14. The summed E-state index contributed by atoms with van der Waals surface area (Å²) in [6, 6.07) is 0. The molecule has 15 heavy (non-hydrogen) atoms. The average Bonchev–Trinajstić information content (AvgIpc) is 2.08. The molecule has 0 amide bonds. The topological polar surface area (TPSA) is 75.1 Å². The fraction of sp³-hybridized carbons (Fsp3) is 0.900. The summed E-state index contributed by atoms with van der Waals surface area (Å²) in [6.45, 7) is 6.07. The second kappa shape index (κ2) is 7.12. The van der Waals surface area contributed by atoms with Crippen molar-refractivity contribution < 1.29 is 9.53 Å². The molecule has 0 aliphatic rings. The number of hydrogen-bond donors (Lipinski definition) is 0. The van der Waals surface area contributed by atoms with Crippen molar-refractivity contribution in [3.8, 4) is 0 Å². The predicted molar refractivity (Wildman–Crippen MR) is 58.3 cm³/mol. The SMILES string of the molecule is CC(C)(C)OC(=O)CCCCCN=[N+]=[N-]. The molecular weight excluding hydrogens is 194 g/mol. The smallest absolute Gasteiger partial charge is 0.306 e. The third kappa shape index (κ3) is 10.7. The Morgan fingerprint density at radius 1 is 1.33 bits per heavy atom. The molecule has 86 valence electrons. The maximum atomic E-state index is 11.2. The summed E-state index contributed by atoms with van der Waals surface area (Å²) in [4.78, 5) is 13.9. The molecule has 0 aliphatic heterocycles. The van der Waals surface area contributed by atoms with Crippen molar-refractivity contribution in [3.05, 3.63) is 10.4 Å². The van der Waals surface area contributed by atoms with Crippen LogP contribution < -0.4 is 0 Å². The van der Waals surface area contributed by atoms with Crippen LogP contribution >= 0.6 is 0 Å². The van der Waals surface area contributed by atoms with Gasteiger partial charge in [-0.3, -0.25) is 4.79 Å². The molecule has 0 saturated heterocycles. The van der Waals surface area contributed by atoms with Crippen molar-refractivity contribution in [3.63, 3.8) is 0 Å². The van der Waals surface area contributed by atoms with E-state index in [1.54, 1.807) is 0 Å². The van der Waals surface area contributed by atoms with E-state index in [1.165, 1.54) is 0 Å². The van der Waals surface area contributed by atoms with Crippen molar-refractivity contribution >= 4 is 5.97 Å². The monoisotopic (exact) mass is 213 g/mol. The highest BCUT2D eigenvalue weighted by atomic mass is 16.6. The predicted octanol–water partition coefficient (Wildman–Crippen LogP) is 3.20. The van der Waals surface area contributed by atoms with Gasteiger partial charge in [-0.05, 0) is 39.1 Å². The fourth-order valence-corrected chi connectivity index (χ4v) is 1.07. The first-order valence-electron chi connectivity index (χ1n) is 5.18. The number of rotatable bonds is 6. The van der Waals surface area contributed by atoms with Crippen LogP contribution in [0.5, 0.6) is 0 Å². The minimum absolute atomic E-state index is 0.161. The van der Waals surface area contributed by atoms with Crippen molar-refractivity contribution in [1.82, 2.24) is 0 Å². The van der Waals surface area contributed by atoms with Crippen LogP contribution in [0.2, 0.25) is 0 Å². The minimum atomic E-state index is -0.401. The van der Waals surface area contributed by atoms with Gasteiger partial charge in [0, 0.05) is 17.9 Å². The van der Waals surface area contributed by atoms with Crippen LogP contribution in [-0.4, -0.2) is 18.1 Å². The van der Waals surface area contributed by atoms with Crippen molar-refractivity contribution in [2.24, 2.45) is 5.11 Å². The highest BCUT2D eigenvalue weighted by molar-refractivity contribution is 5.69. The number of azide groups is 1. The van der Waals surface area contributed by atoms with E-state index in [-0.39, 0.29) is 5.97 Å². The van der Waals surface area contributed by atoms with E-state index in [4.69, 9.17) is 10.3 Å². The molecule has 0 spiro atoms. The first kappa shape index (κ1) is 13.8. The van der Waals surface area contributed by atoms with Crippen molar-refractivity contribution in [1.29, 1.82) is 0 Å². The van der Waals surface area contributed by atoms with Crippen LogP contribution in [0, 0.1) is 0 Å². The van der Waals surface area contributed by atoms with Gasteiger partial charge in [-0.2, -0.15) is 0 Å². The lowest BCUT2D eigenvalue weighted by atomic mass is 10.1. The third-order valence-corrected chi connectivity index (χ3v) is 1.62. The molecule has 0 bridgehead atoms. The molecule has 5 nitrogen and oxygen atoms in total. The normalized spacial score (nSPS) is 10.6. The van der Waals surface area contributed by atoms with Crippen LogP contribution in [0.1, 0.15) is 46.5 Å². The third-order valence-electron chi connectivity index (χ3n) is 1.62. The van der Waals surface area contributed by atoms with Gasteiger partial charge in [0.2, 0.25) is 0 Å². The van der Waals surface area contributed by atoms with Crippen molar-refractivity contribution in [2.75, 3.05) is 6.54 Å². The molecule has 0 saturated carbocycles. The van der Waals surface area contributed by atoms with Crippen LogP contribution in [-0.2, 0) is 9.53 Å². The van der Waals surface area contributed by atoms with Gasteiger partial charge in [0.1, 0.15) is 5.60 Å². The summed E-state index contributed by atoms with van der Waals surface area (Å²) in [5.41, 5.74) is 7.62. The first-order chi connectivity index (χ1) is 6.95. The van der Waals surface area contributed by atoms with Crippen LogP contribution in [0.4, 0.5) is 0 Å². The zero-order valence-corrected chi connectivity index (χ0v) is 9.69. The maximum Gasteiger partial charge on any atom is 0.306 e. The standard InChI is InChI=1S/C10H19N3O2/c1-10(2,3)15-9(14)7-5-4-6-8-12-13-11/h4-8H2,1-3H3. The summed E-state index contributed by atoms with van der Waals surface area (Å²) in [7, 11) is 0. The Balaban J connectivity index is 3.43. The first-order valence-corrected chi connectivity index (χ1v) is 5.18. The molecule has 5 heteroatoms. The van der Waals surface area contributed by atoms with E-state index >= 15 is 0 Å². The number of carbonyl (C=O) groups excluding carboxylic acids is 1. The van der Waals surface area contributed by atoms with Gasteiger partial charge < -0.3 is 4.74 Å². The molecule has 0 aromatic rings. The van der Waals surface area contributed by atoms with Crippen LogP contribution in [0.25, 0.3) is 10.4 Å². The molecule has 0 aliphatic carbocycles. The van der Waals surface area contributed by atoms with E-state index in [0.717, 1.165) is 19.3 Å². The van der Waals surface area contributed by atoms with E-state index in [9.17, 15) is 4.79 Å². The zero-order valence-electron chi connectivity index (χ0n) is 9.69. The summed E-state index contributed by atoms with van der Waals surface area (Å²) in [6.07, 6.45) is 2.94. The van der Waals surface area contributed by atoms with Crippen LogP contribution in [0.3, 0.4) is 0 Å². The minimum Gasteiger partial charge on any atom is -0.460 e. The Morgan fingerprint density at radius 3 is 2.53 bits per heavy atom. The lowest BCUT2D eigenvalue weighted by Crippen LogP contribution is -2.23. The molecule has 0 fully saturated rings. The summed E-state index contributed by atoms with van der Waals surface area (Å²) >= 11 is 0. The number of unbranched alkanes of at least 4 members (excludes halogenated alkanes) is 2. The van der Waals surface area contributed by atoms with Gasteiger partial charge in [0.25, 0.3) is 0 Å². The van der Waals surface area contributed by atoms with Crippen molar-refractivity contribution in [2.45, 2.75) is 52.1 Å². The molecule has 0 N–H and O–H groups in total. The van der Waals surface area contributed by atoms with Crippen LogP contribution in [0.15, 0.2) is 5.11 Å². The largest absolute Gasteiger partial charge is 0.460 e. The molecule has 0 aromatic heterocycles. The van der Waals surface area contributed by atoms with Gasteiger partial charge in [-0.25, -0.2) is 0 Å². The van der Waals surface area contributed by atoms with E-state index in [2.05, 4.69) is 10.0 Å². The Labute approximate surface area is 90.4 Å². The van der Waals surface area contributed by atoms with E-state index < -0.39 is 5.60 Å². The zero-order chi connectivity index (χ0) is 11.7. The number of esters is 1. The maximum absolute atomic E-state index is 11.2. The second-order valence-corrected chi connectivity index (χ2v) is 4.35. The molecular formula is C10H19N3O2. The lowest BCUT2D eigenvalue weighted by molar-refractivity contribution is -0.154. The molecule has 0 unspecified atom stereocenters. The number of ether oxygens (including phenoxy) is 1. The van der Waals surface area contributed by atoms with Gasteiger partial charge in [0.15, 0.2) is 0 Å². The lowest BCUT2D eigenvalue weighted by Gasteiger charge is -2.19. The number of carbonyl (C=O) groups is 1. The van der Waals surface area contributed by atoms with Gasteiger partial charge in [-0.1, -0.05) is 11.5 Å². The van der Waals surface area contributed by atoms with Gasteiger partial charge in [-0.15, -0.1) is 0 Å². The Morgan fingerprint density at radius 2 is 2.00 bits per heavy atom.